The van der Waals surface area contributed by atoms with E-state index in [2.05, 4.69) is 24.1 Å². The second-order valence-corrected chi connectivity index (χ2v) is 6.77. The van der Waals surface area contributed by atoms with Crippen LogP contribution in [0.15, 0.2) is 9.59 Å². The van der Waals surface area contributed by atoms with Crippen LogP contribution in [0, 0.1) is 5.41 Å². The molecule has 0 spiro atoms. The molecule has 1 aliphatic rings. The number of nitrogen functional groups attached to an aromatic ring is 1. The van der Waals surface area contributed by atoms with E-state index in [1.165, 1.54) is 11.0 Å². The summed E-state index contributed by atoms with van der Waals surface area (Å²) in [6, 6.07) is 0.227. The molecule has 0 aromatic carbocycles. The lowest BCUT2D eigenvalue weighted by Gasteiger charge is -2.36. The number of aromatic nitrogens is 2. The van der Waals surface area contributed by atoms with Crippen LogP contribution < -0.4 is 22.3 Å². The lowest BCUT2D eigenvalue weighted by Crippen LogP contribution is -2.38. The lowest BCUT2D eigenvalue weighted by molar-refractivity contribution is 0.229. The average Bonchev–Trinajstić information content (AvgIpc) is 2.38. The minimum atomic E-state index is -0.436. The third-order valence-electron chi connectivity index (χ3n) is 4.24. The van der Waals surface area contributed by atoms with E-state index in [-0.39, 0.29) is 17.3 Å². The second kappa shape index (κ2) is 5.95. The van der Waals surface area contributed by atoms with Gasteiger partial charge in [0.05, 0.1) is 0 Å². The molecule has 1 fully saturated rings. The van der Waals surface area contributed by atoms with Gasteiger partial charge in [-0.3, -0.25) is 14.3 Å². The van der Waals surface area contributed by atoms with Gasteiger partial charge in [0.2, 0.25) is 0 Å². The first-order valence-corrected chi connectivity index (χ1v) is 7.73. The molecular formula is C15H26N4O2. The fourth-order valence-corrected chi connectivity index (χ4v) is 3.20. The van der Waals surface area contributed by atoms with Crippen molar-refractivity contribution in [3.8, 4) is 0 Å². The maximum Gasteiger partial charge on any atom is 0.330 e. The van der Waals surface area contributed by atoms with E-state index in [0.717, 1.165) is 25.7 Å². The van der Waals surface area contributed by atoms with Crippen molar-refractivity contribution in [2.24, 2.45) is 5.41 Å². The molecule has 1 atom stereocenters. The van der Waals surface area contributed by atoms with Crippen molar-refractivity contribution in [1.82, 2.24) is 9.55 Å². The fourth-order valence-electron chi connectivity index (χ4n) is 3.20. The number of nitrogens with one attached hydrogen (secondary N) is 2. The number of rotatable bonds is 4. The van der Waals surface area contributed by atoms with E-state index >= 15 is 0 Å². The standard InChI is InChI=1S/C15H26N4O2/c1-4-8-19-12(16)11(13(20)18-14(19)21)17-10-6-5-7-15(2,3)9-10/h10,17H,4-9,16H2,1-3H3,(H,18,20,21). The molecular weight excluding hydrogens is 268 g/mol. The first kappa shape index (κ1) is 15.7. The summed E-state index contributed by atoms with van der Waals surface area (Å²) < 4.78 is 1.43. The molecule has 0 bridgehead atoms. The molecule has 4 N–H and O–H groups in total. The van der Waals surface area contributed by atoms with E-state index < -0.39 is 11.2 Å². The average molecular weight is 294 g/mol. The molecule has 1 unspecified atom stereocenters. The van der Waals surface area contributed by atoms with Gasteiger partial charge >= 0.3 is 5.69 Å². The molecule has 21 heavy (non-hydrogen) atoms. The van der Waals surface area contributed by atoms with Crippen LogP contribution in [0.5, 0.6) is 0 Å². The van der Waals surface area contributed by atoms with Gasteiger partial charge in [-0.05, 0) is 31.1 Å². The van der Waals surface area contributed by atoms with E-state index in [0.29, 0.717) is 12.2 Å². The Labute approximate surface area is 124 Å². The number of hydrogen-bond acceptors (Lipinski definition) is 4. The number of hydrogen-bond donors (Lipinski definition) is 3. The summed E-state index contributed by atoms with van der Waals surface area (Å²) in [4.78, 5) is 26.2. The van der Waals surface area contributed by atoms with Crippen molar-refractivity contribution in [2.75, 3.05) is 11.1 Å². The van der Waals surface area contributed by atoms with Crippen molar-refractivity contribution in [3.05, 3.63) is 20.8 Å². The molecule has 1 saturated carbocycles. The molecule has 2 rings (SSSR count). The molecule has 0 radical (unpaired) electrons. The summed E-state index contributed by atoms with van der Waals surface area (Å²) in [6.07, 6.45) is 5.14. The third-order valence-corrected chi connectivity index (χ3v) is 4.24. The Balaban J connectivity index is 2.29. The van der Waals surface area contributed by atoms with Crippen molar-refractivity contribution in [1.29, 1.82) is 0 Å². The van der Waals surface area contributed by atoms with Crippen LogP contribution in [0.3, 0.4) is 0 Å². The molecule has 6 heteroatoms. The van der Waals surface area contributed by atoms with E-state index in [9.17, 15) is 9.59 Å². The van der Waals surface area contributed by atoms with Gasteiger partial charge in [-0.25, -0.2) is 4.79 Å². The molecule has 1 aromatic heterocycles. The topological polar surface area (TPSA) is 92.9 Å². The molecule has 1 heterocycles. The molecule has 1 aromatic rings. The number of H-pyrrole nitrogens is 1. The summed E-state index contributed by atoms with van der Waals surface area (Å²) >= 11 is 0. The summed E-state index contributed by atoms with van der Waals surface area (Å²) in [5, 5.41) is 3.27. The minimum Gasteiger partial charge on any atom is -0.383 e. The molecule has 0 saturated heterocycles. The molecule has 1 aliphatic carbocycles. The van der Waals surface area contributed by atoms with Crippen molar-refractivity contribution in [3.63, 3.8) is 0 Å². The van der Waals surface area contributed by atoms with Gasteiger partial charge in [0, 0.05) is 12.6 Å². The highest BCUT2D eigenvalue weighted by atomic mass is 16.2. The SMILES string of the molecule is CCCn1c(N)c(NC2CCCC(C)(C)C2)c(=O)[nH]c1=O. The highest BCUT2D eigenvalue weighted by molar-refractivity contribution is 5.60. The highest BCUT2D eigenvalue weighted by Gasteiger charge is 2.29. The number of anilines is 2. The van der Waals surface area contributed by atoms with Crippen LogP contribution in [0.4, 0.5) is 11.5 Å². The lowest BCUT2D eigenvalue weighted by atomic mass is 9.75. The van der Waals surface area contributed by atoms with E-state index in [1.54, 1.807) is 0 Å². The highest BCUT2D eigenvalue weighted by Crippen LogP contribution is 2.36. The van der Waals surface area contributed by atoms with Crippen LogP contribution in [-0.4, -0.2) is 15.6 Å². The van der Waals surface area contributed by atoms with Gasteiger partial charge in [-0.2, -0.15) is 0 Å². The zero-order valence-electron chi connectivity index (χ0n) is 13.2. The minimum absolute atomic E-state index is 0.227. The first-order valence-electron chi connectivity index (χ1n) is 7.73. The maximum atomic E-state index is 12.0. The Morgan fingerprint density at radius 3 is 2.76 bits per heavy atom. The number of nitrogens with two attached hydrogens (primary N) is 1. The first-order chi connectivity index (χ1) is 9.84. The molecule has 0 aliphatic heterocycles. The summed E-state index contributed by atoms with van der Waals surface area (Å²) in [7, 11) is 0. The Kier molecular flexibility index (Phi) is 4.44. The van der Waals surface area contributed by atoms with Gasteiger partial charge in [0.1, 0.15) is 11.5 Å². The maximum absolute atomic E-state index is 12.0. The van der Waals surface area contributed by atoms with Crippen LogP contribution in [0.2, 0.25) is 0 Å². The third kappa shape index (κ3) is 3.49. The van der Waals surface area contributed by atoms with E-state index in [4.69, 9.17) is 5.73 Å². The van der Waals surface area contributed by atoms with Crippen molar-refractivity contribution >= 4 is 11.5 Å². The summed E-state index contributed by atoms with van der Waals surface area (Å²) in [6.45, 7) is 6.96. The Morgan fingerprint density at radius 1 is 1.43 bits per heavy atom. The van der Waals surface area contributed by atoms with Crippen molar-refractivity contribution < 1.29 is 0 Å². The van der Waals surface area contributed by atoms with Gasteiger partial charge < -0.3 is 11.1 Å². The van der Waals surface area contributed by atoms with Gasteiger partial charge in [0.15, 0.2) is 0 Å². The smallest absolute Gasteiger partial charge is 0.330 e. The molecule has 118 valence electrons. The Hall–Kier alpha value is -1.72. The molecule has 6 nitrogen and oxygen atoms in total. The van der Waals surface area contributed by atoms with Crippen LogP contribution in [0.25, 0.3) is 0 Å². The predicted molar refractivity (Wildman–Crippen MR) is 85.7 cm³/mol. The van der Waals surface area contributed by atoms with Crippen molar-refractivity contribution in [2.45, 2.75) is 65.5 Å². The van der Waals surface area contributed by atoms with Gasteiger partial charge in [-0.1, -0.05) is 27.2 Å². The largest absolute Gasteiger partial charge is 0.383 e. The normalized spacial score (nSPS) is 21.2. The van der Waals surface area contributed by atoms with E-state index in [1.807, 2.05) is 6.92 Å². The van der Waals surface area contributed by atoms with Crippen LogP contribution >= 0.6 is 0 Å². The quantitative estimate of drug-likeness (QED) is 0.791. The monoisotopic (exact) mass is 294 g/mol. The Morgan fingerprint density at radius 2 is 2.14 bits per heavy atom. The van der Waals surface area contributed by atoms with Gasteiger partial charge in [0.25, 0.3) is 5.56 Å². The Bertz CT molecular complexity index is 615. The summed E-state index contributed by atoms with van der Waals surface area (Å²) in [5.41, 5.74) is 5.79. The summed E-state index contributed by atoms with van der Waals surface area (Å²) in [5.74, 6) is 0.244. The van der Waals surface area contributed by atoms with Crippen LogP contribution in [-0.2, 0) is 6.54 Å². The predicted octanol–water partition coefficient (Wildman–Crippen LogP) is 1.91. The fraction of sp³-hybridized carbons (Fsp3) is 0.733. The zero-order chi connectivity index (χ0) is 15.6. The number of nitrogens with zero attached hydrogens (tertiary/aromatic N) is 1. The van der Waals surface area contributed by atoms with Crippen LogP contribution in [0.1, 0.15) is 52.9 Å². The zero-order valence-corrected chi connectivity index (χ0v) is 13.2. The molecule has 0 amide bonds. The van der Waals surface area contributed by atoms with Gasteiger partial charge in [-0.15, -0.1) is 0 Å². The second-order valence-electron chi connectivity index (χ2n) is 6.77. The number of aromatic amines is 1.